The zero-order chi connectivity index (χ0) is 19.8. The molecule has 2 heterocycles. The highest BCUT2D eigenvalue weighted by atomic mass is 35.5. The Morgan fingerprint density at radius 2 is 1.18 bits per heavy atom. The van der Waals surface area contributed by atoms with E-state index in [0.29, 0.717) is 45.4 Å². The van der Waals surface area contributed by atoms with Crippen molar-refractivity contribution >= 4 is 23.2 Å². The quantitative estimate of drug-likeness (QED) is 0.725. The van der Waals surface area contributed by atoms with E-state index >= 15 is 0 Å². The number of halogens is 4. The van der Waals surface area contributed by atoms with E-state index in [2.05, 4.69) is 9.80 Å². The maximum Gasteiger partial charge on any atom is 0.128 e. The van der Waals surface area contributed by atoms with Crippen LogP contribution in [0.5, 0.6) is 0 Å². The van der Waals surface area contributed by atoms with E-state index in [1.54, 1.807) is 0 Å². The minimum Gasteiger partial charge on any atom is -0.320 e. The number of nitrogens with zero attached hydrogens (tertiary/aromatic N) is 2. The summed E-state index contributed by atoms with van der Waals surface area (Å²) in [5.41, 5.74) is 8.51. The molecule has 7 heteroatoms. The predicted molar refractivity (Wildman–Crippen MR) is 109 cm³/mol. The Kier molecular flexibility index (Phi) is 5.91. The number of rotatable bonds is 6. The second kappa shape index (κ2) is 8.25. The highest BCUT2D eigenvalue weighted by Crippen LogP contribution is 2.38. The van der Waals surface area contributed by atoms with Crippen molar-refractivity contribution in [2.24, 2.45) is 5.73 Å². The lowest BCUT2D eigenvalue weighted by Crippen LogP contribution is -2.38. The molecule has 2 aliphatic heterocycles. The molecule has 0 radical (unpaired) electrons. The summed E-state index contributed by atoms with van der Waals surface area (Å²) >= 11 is 12.9. The summed E-state index contributed by atoms with van der Waals surface area (Å²) in [6.45, 7) is 4.54. The summed E-state index contributed by atoms with van der Waals surface area (Å²) in [5, 5.41) is 0.749. The summed E-state index contributed by atoms with van der Waals surface area (Å²) in [7, 11) is 0. The molecule has 2 aromatic rings. The molecular weight excluding hydrogens is 403 g/mol. The maximum absolute atomic E-state index is 14.7. The Balaban J connectivity index is 1.78. The Hall–Kier alpha value is -1.24. The lowest BCUT2D eigenvalue weighted by atomic mass is 9.90. The van der Waals surface area contributed by atoms with Gasteiger partial charge in [-0.15, -0.1) is 0 Å². The first-order valence-corrected chi connectivity index (χ1v) is 10.3. The fourth-order valence-corrected chi connectivity index (χ4v) is 4.47. The van der Waals surface area contributed by atoms with Crippen molar-refractivity contribution in [1.82, 2.24) is 9.80 Å². The lowest BCUT2D eigenvalue weighted by molar-refractivity contribution is 0.169. The Labute approximate surface area is 174 Å². The van der Waals surface area contributed by atoms with Crippen molar-refractivity contribution in [2.75, 3.05) is 26.2 Å². The van der Waals surface area contributed by atoms with Gasteiger partial charge in [0.25, 0.3) is 0 Å². The van der Waals surface area contributed by atoms with Crippen LogP contribution in [0.2, 0.25) is 10.0 Å². The van der Waals surface area contributed by atoms with Crippen LogP contribution >= 0.6 is 23.2 Å². The number of hydrogen-bond donors (Lipinski definition) is 1. The van der Waals surface area contributed by atoms with E-state index in [1.165, 1.54) is 24.3 Å². The van der Waals surface area contributed by atoms with Crippen LogP contribution < -0.4 is 5.73 Å². The first-order valence-electron chi connectivity index (χ1n) is 9.59. The van der Waals surface area contributed by atoms with Gasteiger partial charge in [0.1, 0.15) is 11.6 Å². The van der Waals surface area contributed by atoms with Gasteiger partial charge >= 0.3 is 0 Å². The fourth-order valence-electron chi connectivity index (χ4n) is 3.88. The van der Waals surface area contributed by atoms with Crippen molar-refractivity contribution in [2.45, 2.75) is 32.0 Å². The summed E-state index contributed by atoms with van der Waals surface area (Å²) in [4.78, 5) is 4.28. The SMILES string of the molecule is NC(c1c(Cl)ccc(F)c1CN1CCC1)c1c(Cl)ccc(F)c1CN1CCC1. The van der Waals surface area contributed by atoms with Crippen LogP contribution in [0.25, 0.3) is 0 Å². The summed E-state index contributed by atoms with van der Waals surface area (Å²) in [5.74, 6) is -0.697. The van der Waals surface area contributed by atoms with Crippen molar-refractivity contribution in [1.29, 1.82) is 0 Å². The average molecular weight is 426 g/mol. The van der Waals surface area contributed by atoms with E-state index in [-0.39, 0.29) is 11.6 Å². The molecule has 2 aromatic carbocycles. The topological polar surface area (TPSA) is 32.5 Å². The number of likely N-dealkylation sites (tertiary alicyclic amines) is 2. The molecule has 0 aliphatic carbocycles. The number of hydrogen-bond acceptors (Lipinski definition) is 3. The van der Waals surface area contributed by atoms with E-state index < -0.39 is 6.04 Å². The Morgan fingerprint density at radius 3 is 1.50 bits per heavy atom. The first kappa shape index (κ1) is 20.0. The van der Waals surface area contributed by atoms with Gasteiger partial charge in [0.05, 0.1) is 6.04 Å². The van der Waals surface area contributed by atoms with Gasteiger partial charge in [0.2, 0.25) is 0 Å². The zero-order valence-corrected chi connectivity index (χ0v) is 17.0. The largest absolute Gasteiger partial charge is 0.320 e. The fraction of sp³-hybridized carbons (Fsp3) is 0.429. The third kappa shape index (κ3) is 3.79. The van der Waals surface area contributed by atoms with Crippen molar-refractivity contribution in [3.63, 3.8) is 0 Å². The third-order valence-corrected chi connectivity index (χ3v) is 6.44. The Bertz CT molecular complexity index is 811. The van der Waals surface area contributed by atoms with Crippen LogP contribution in [0, 0.1) is 11.6 Å². The molecule has 0 atom stereocenters. The minimum absolute atomic E-state index is 0.349. The second-order valence-electron chi connectivity index (χ2n) is 7.58. The summed E-state index contributed by atoms with van der Waals surface area (Å²) in [6, 6.07) is 4.94. The van der Waals surface area contributed by atoms with Gasteiger partial charge in [-0.3, -0.25) is 9.80 Å². The van der Waals surface area contributed by atoms with E-state index in [4.69, 9.17) is 28.9 Å². The van der Waals surface area contributed by atoms with Crippen molar-refractivity contribution in [3.8, 4) is 0 Å². The highest BCUT2D eigenvalue weighted by Gasteiger charge is 2.28. The highest BCUT2D eigenvalue weighted by molar-refractivity contribution is 6.32. The standard InChI is InChI=1S/C21H23Cl2F2N3/c22-15-3-5-17(24)13(11-27-7-1-8-27)19(15)21(26)20-14(12-28-9-2-10-28)18(25)6-4-16(20)23/h3-6,21H,1-2,7-12,26H2. The maximum atomic E-state index is 14.7. The third-order valence-electron chi connectivity index (χ3n) is 5.78. The molecule has 2 saturated heterocycles. The van der Waals surface area contributed by atoms with Gasteiger partial charge in [-0.25, -0.2) is 8.78 Å². The van der Waals surface area contributed by atoms with Crippen LogP contribution in [-0.2, 0) is 13.1 Å². The molecule has 2 fully saturated rings. The van der Waals surface area contributed by atoms with Gasteiger partial charge in [-0.1, -0.05) is 23.2 Å². The van der Waals surface area contributed by atoms with Crippen LogP contribution in [0.3, 0.4) is 0 Å². The lowest BCUT2D eigenvalue weighted by Gasteiger charge is -2.34. The summed E-state index contributed by atoms with van der Waals surface area (Å²) in [6.07, 6.45) is 2.19. The van der Waals surface area contributed by atoms with Gasteiger partial charge < -0.3 is 5.73 Å². The molecule has 0 unspecified atom stereocenters. The van der Waals surface area contributed by atoms with Crippen molar-refractivity contribution < 1.29 is 8.78 Å². The van der Waals surface area contributed by atoms with E-state index in [0.717, 1.165) is 39.0 Å². The van der Waals surface area contributed by atoms with Gasteiger partial charge in [-0.2, -0.15) is 0 Å². The van der Waals surface area contributed by atoms with Crippen LogP contribution in [0.4, 0.5) is 8.78 Å². The average Bonchev–Trinajstić information content (AvgIpc) is 2.59. The van der Waals surface area contributed by atoms with E-state index in [9.17, 15) is 8.78 Å². The molecule has 4 rings (SSSR count). The molecule has 3 nitrogen and oxygen atoms in total. The predicted octanol–water partition coefficient (Wildman–Crippen LogP) is 4.73. The second-order valence-corrected chi connectivity index (χ2v) is 8.39. The number of nitrogens with two attached hydrogens (primary N) is 1. The van der Waals surface area contributed by atoms with E-state index in [1.807, 2.05) is 0 Å². The van der Waals surface area contributed by atoms with Crippen molar-refractivity contribution in [3.05, 3.63) is 68.2 Å². The first-order chi connectivity index (χ1) is 13.5. The molecule has 150 valence electrons. The summed E-state index contributed by atoms with van der Waals surface area (Å²) < 4.78 is 29.5. The molecule has 0 bridgehead atoms. The van der Waals surface area contributed by atoms with Crippen LogP contribution in [0.1, 0.15) is 41.1 Å². The molecule has 0 amide bonds. The molecule has 0 saturated carbocycles. The molecule has 2 aliphatic rings. The van der Waals surface area contributed by atoms with Crippen LogP contribution in [0.15, 0.2) is 24.3 Å². The normalized spacial score (nSPS) is 17.6. The van der Waals surface area contributed by atoms with Gasteiger partial charge in [0, 0.05) is 34.3 Å². The number of benzene rings is 2. The Morgan fingerprint density at radius 1 is 0.786 bits per heavy atom. The van der Waals surface area contributed by atoms with Crippen LogP contribution in [-0.4, -0.2) is 36.0 Å². The smallest absolute Gasteiger partial charge is 0.128 e. The molecule has 0 aromatic heterocycles. The molecule has 0 spiro atoms. The zero-order valence-electron chi connectivity index (χ0n) is 15.5. The molecule has 28 heavy (non-hydrogen) atoms. The van der Waals surface area contributed by atoms with Gasteiger partial charge in [0.15, 0.2) is 0 Å². The minimum atomic E-state index is -0.807. The monoisotopic (exact) mass is 425 g/mol. The molecule has 2 N–H and O–H groups in total. The molecular formula is C21H23Cl2F2N3. The van der Waals surface area contributed by atoms with Gasteiger partial charge in [-0.05, 0) is 74.4 Å².